The van der Waals surface area contributed by atoms with E-state index in [0.717, 1.165) is 37.8 Å². The highest BCUT2D eigenvalue weighted by Crippen LogP contribution is 2.24. The van der Waals surface area contributed by atoms with Crippen molar-refractivity contribution in [2.24, 2.45) is 10.9 Å². The number of likely N-dealkylation sites (tertiary alicyclic amines) is 1. The van der Waals surface area contributed by atoms with Crippen molar-refractivity contribution >= 4 is 11.9 Å². The van der Waals surface area contributed by atoms with Gasteiger partial charge in [0.15, 0.2) is 5.96 Å². The van der Waals surface area contributed by atoms with Crippen molar-refractivity contribution in [3.63, 3.8) is 0 Å². The Balaban J connectivity index is 1.88. The summed E-state index contributed by atoms with van der Waals surface area (Å²) >= 11 is 0. The van der Waals surface area contributed by atoms with E-state index < -0.39 is 0 Å². The van der Waals surface area contributed by atoms with Crippen LogP contribution in [0.2, 0.25) is 0 Å². The minimum atomic E-state index is -0.0563. The van der Waals surface area contributed by atoms with Crippen molar-refractivity contribution < 1.29 is 9.53 Å². The SMILES string of the molecule is CN=C(NCC(C)(C)c1ccc(OC)cc1)NC1CCN(C(=O)C(C)C)C1. The largest absolute Gasteiger partial charge is 0.497 e. The second kappa shape index (κ2) is 9.11. The summed E-state index contributed by atoms with van der Waals surface area (Å²) in [7, 11) is 3.46. The van der Waals surface area contributed by atoms with E-state index in [1.807, 2.05) is 30.9 Å². The molecule has 6 nitrogen and oxygen atoms in total. The van der Waals surface area contributed by atoms with Crippen molar-refractivity contribution in [1.82, 2.24) is 15.5 Å². The Labute approximate surface area is 163 Å². The highest BCUT2D eigenvalue weighted by molar-refractivity contribution is 5.81. The maximum Gasteiger partial charge on any atom is 0.225 e. The van der Waals surface area contributed by atoms with E-state index in [9.17, 15) is 4.79 Å². The van der Waals surface area contributed by atoms with Gasteiger partial charge >= 0.3 is 0 Å². The van der Waals surface area contributed by atoms with E-state index >= 15 is 0 Å². The number of amides is 1. The molecule has 27 heavy (non-hydrogen) atoms. The molecule has 0 saturated carbocycles. The number of nitrogens with zero attached hydrogens (tertiary/aromatic N) is 2. The number of methoxy groups -OCH3 is 1. The minimum Gasteiger partial charge on any atom is -0.497 e. The first-order chi connectivity index (χ1) is 12.8. The lowest BCUT2D eigenvalue weighted by molar-refractivity contribution is -0.133. The summed E-state index contributed by atoms with van der Waals surface area (Å²) in [5, 5.41) is 6.89. The Bertz CT molecular complexity index is 653. The van der Waals surface area contributed by atoms with Crippen molar-refractivity contribution in [3.05, 3.63) is 29.8 Å². The number of nitrogens with one attached hydrogen (secondary N) is 2. The van der Waals surface area contributed by atoms with Gasteiger partial charge in [0, 0.05) is 44.1 Å². The van der Waals surface area contributed by atoms with Crippen molar-refractivity contribution in [1.29, 1.82) is 0 Å². The molecule has 1 fully saturated rings. The third-order valence-electron chi connectivity index (χ3n) is 5.13. The lowest BCUT2D eigenvalue weighted by Crippen LogP contribution is -2.48. The zero-order valence-corrected chi connectivity index (χ0v) is 17.5. The van der Waals surface area contributed by atoms with Crippen LogP contribution in [0.4, 0.5) is 0 Å². The van der Waals surface area contributed by atoms with Gasteiger partial charge in [-0.05, 0) is 24.1 Å². The number of carbonyl (C=O) groups excluding carboxylic acids is 1. The number of rotatable bonds is 6. The Kier molecular flexibility index (Phi) is 7.11. The smallest absolute Gasteiger partial charge is 0.225 e. The standard InChI is InChI=1S/C21H34N4O2/c1-15(2)19(26)25-12-11-17(13-25)24-20(22-5)23-14-21(3,4)16-7-9-18(27-6)10-8-16/h7-10,15,17H,11-14H2,1-6H3,(H2,22,23,24). The quantitative estimate of drug-likeness (QED) is 0.593. The minimum absolute atomic E-state index is 0.0477. The number of hydrogen-bond acceptors (Lipinski definition) is 3. The van der Waals surface area contributed by atoms with Crippen molar-refractivity contribution in [3.8, 4) is 5.75 Å². The number of aliphatic imine (C=N–C) groups is 1. The number of hydrogen-bond donors (Lipinski definition) is 2. The van der Waals surface area contributed by atoms with Crippen LogP contribution in [0.25, 0.3) is 0 Å². The molecule has 150 valence electrons. The molecule has 1 aliphatic heterocycles. The molecule has 1 saturated heterocycles. The molecule has 2 N–H and O–H groups in total. The Morgan fingerprint density at radius 3 is 2.56 bits per heavy atom. The van der Waals surface area contributed by atoms with Gasteiger partial charge in [0.2, 0.25) is 5.91 Å². The summed E-state index contributed by atoms with van der Waals surface area (Å²) in [6.45, 7) is 10.6. The van der Waals surface area contributed by atoms with Gasteiger partial charge in [0.1, 0.15) is 5.75 Å². The summed E-state index contributed by atoms with van der Waals surface area (Å²) in [6.07, 6.45) is 0.945. The predicted octanol–water partition coefficient (Wildman–Crippen LogP) is 2.39. The van der Waals surface area contributed by atoms with E-state index in [2.05, 4.69) is 41.6 Å². The molecule has 1 aromatic rings. The van der Waals surface area contributed by atoms with E-state index in [4.69, 9.17) is 4.74 Å². The summed E-state index contributed by atoms with van der Waals surface area (Å²) in [6, 6.07) is 8.42. The number of ether oxygens (including phenoxy) is 1. The fourth-order valence-electron chi connectivity index (χ4n) is 3.28. The van der Waals surface area contributed by atoms with Crippen LogP contribution in [0.15, 0.2) is 29.3 Å². The second-order valence-corrected chi connectivity index (χ2v) is 8.11. The van der Waals surface area contributed by atoms with Gasteiger partial charge in [-0.15, -0.1) is 0 Å². The number of guanidine groups is 1. The molecule has 6 heteroatoms. The molecule has 0 radical (unpaired) electrons. The van der Waals surface area contributed by atoms with Gasteiger partial charge in [-0.25, -0.2) is 0 Å². The van der Waals surface area contributed by atoms with Gasteiger partial charge in [0.25, 0.3) is 0 Å². The number of carbonyl (C=O) groups is 1. The summed E-state index contributed by atoms with van der Waals surface area (Å²) in [5.41, 5.74) is 1.18. The maximum atomic E-state index is 12.1. The van der Waals surface area contributed by atoms with Gasteiger partial charge in [-0.1, -0.05) is 39.8 Å². The van der Waals surface area contributed by atoms with E-state index in [1.54, 1.807) is 14.2 Å². The third-order valence-corrected chi connectivity index (χ3v) is 5.13. The summed E-state index contributed by atoms with van der Waals surface area (Å²) < 4.78 is 5.24. The molecule has 0 aliphatic carbocycles. The van der Waals surface area contributed by atoms with Gasteiger partial charge in [0.05, 0.1) is 7.11 Å². The highest BCUT2D eigenvalue weighted by Gasteiger charge is 2.28. The molecule has 0 spiro atoms. The van der Waals surface area contributed by atoms with E-state index in [1.165, 1.54) is 5.56 Å². The van der Waals surface area contributed by atoms with Crippen LogP contribution < -0.4 is 15.4 Å². The first-order valence-electron chi connectivity index (χ1n) is 9.67. The Hall–Kier alpha value is -2.24. The zero-order valence-electron chi connectivity index (χ0n) is 17.5. The molecule has 1 amide bonds. The lowest BCUT2D eigenvalue weighted by atomic mass is 9.84. The Morgan fingerprint density at radius 1 is 1.33 bits per heavy atom. The first-order valence-corrected chi connectivity index (χ1v) is 9.67. The first kappa shape index (κ1) is 21.1. The lowest BCUT2D eigenvalue weighted by Gasteiger charge is -2.28. The van der Waals surface area contributed by atoms with Gasteiger partial charge in [-0.2, -0.15) is 0 Å². The molecule has 1 unspecified atom stereocenters. The molecule has 2 rings (SSSR count). The summed E-state index contributed by atoms with van der Waals surface area (Å²) in [5.74, 6) is 1.91. The van der Waals surface area contributed by atoms with Crippen LogP contribution in [0.3, 0.4) is 0 Å². The van der Waals surface area contributed by atoms with Crippen LogP contribution in [0, 0.1) is 5.92 Å². The van der Waals surface area contributed by atoms with Crippen LogP contribution >= 0.6 is 0 Å². The number of benzene rings is 1. The Morgan fingerprint density at radius 2 is 2.00 bits per heavy atom. The van der Waals surface area contributed by atoms with Gasteiger partial charge < -0.3 is 20.3 Å². The maximum absolute atomic E-state index is 12.1. The fourth-order valence-corrected chi connectivity index (χ4v) is 3.28. The predicted molar refractivity (Wildman–Crippen MR) is 110 cm³/mol. The molecule has 0 bridgehead atoms. The van der Waals surface area contributed by atoms with E-state index in [-0.39, 0.29) is 23.3 Å². The van der Waals surface area contributed by atoms with Gasteiger partial charge in [-0.3, -0.25) is 9.79 Å². The summed E-state index contributed by atoms with van der Waals surface area (Å²) in [4.78, 5) is 18.4. The van der Waals surface area contributed by atoms with Crippen LogP contribution in [0.5, 0.6) is 5.75 Å². The average molecular weight is 375 g/mol. The average Bonchev–Trinajstić information content (AvgIpc) is 3.12. The molecule has 1 atom stereocenters. The van der Waals surface area contributed by atoms with E-state index in [0.29, 0.717) is 0 Å². The fraction of sp³-hybridized carbons (Fsp3) is 0.619. The monoisotopic (exact) mass is 374 g/mol. The van der Waals surface area contributed by atoms with Crippen molar-refractivity contribution in [2.45, 2.75) is 45.6 Å². The second-order valence-electron chi connectivity index (χ2n) is 8.11. The molecule has 0 aromatic heterocycles. The zero-order chi connectivity index (χ0) is 20.0. The van der Waals surface area contributed by atoms with Crippen LogP contribution in [-0.2, 0) is 10.2 Å². The molecular weight excluding hydrogens is 340 g/mol. The molecular formula is C21H34N4O2. The molecule has 1 aliphatic rings. The third kappa shape index (κ3) is 5.62. The van der Waals surface area contributed by atoms with Crippen LogP contribution in [-0.4, -0.2) is 56.6 Å². The van der Waals surface area contributed by atoms with Crippen molar-refractivity contribution in [2.75, 3.05) is 33.8 Å². The topological polar surface area (TPSA) is 66.0 Å². The molecule has 1 heterocycles. The van der Waals surface area contributed by atoms with Crippen LogP contribution in [0.1, 0.15) is 39.7 Å². The normalized spacial score (nSPS) is 18.0. The highest BCUT2D eigenvalue weighted by atomic mass is 16.5. The molecule has 1 aromatic carbocycles.